The van der Waals surface area contributed by atoms with Crippen molar-refractivity contribution < 1.29 is 4.92 Å². The summed E-state index contributed by atoms with van der Waals surface area (Å²) >= 11 is 12.5. The van der Waals surface area contributed by atoms with Gasteiger partial charge in [0.15, 0.2) is 0 Å². The second-order valence-corrected chi connectivity index (χ2v) is 7.83. The molecular weight excluding hydrogens is 467 g/mol. The molecule has 1 aromatic carbocycles. The first-order valence-corrected chi connectivity index (χ1v) is 10.6. The number of benzene rings is 1. The van der Waals surface area contributed by atoms with E-state index in [9.17, 15) is 10.1 Å². The summed E-state index contributed by atoms with van der Waals surface area (Å²) < 4.78 is 1.80. The number of nitrogens with one attached hydrogen (secondary N) is 2. The largest absolute Gasteiger partial charge is 0.368 e. The van der Waals surface area contributed by atoms with Crippen LogP contribution in [-0.4, -0.2) is 42.5 Å². The van der Waals surface area contributed by atoms with E-state index in [0.717, 1.165) is 0 Å². The van der Waals surface area contributed by atoms with Crippen LogP contribution in [0.5, 0.6) is 0 Å². The standard InChI is InChI=1S/C21H18Cl2N8O2/c1-13-8-15(31(32)33)10-27-20(13)25-4-5-26-21-28-11-18(30-7-6-24-12-30)19(29-21)16-3-2-14(22)9-17(16)23/h2-3,6-12H,4-5H2,1H3,(H,25,27)(H,26,28,29). The van der Waals surface area contributed by atoms with E-state index in [1.807, 2.05) is 6.07 Å². The van der Waals surface area contributed by atoms with Crippen LogP contribution >= 0.6 is 23.2 Å². The third-order valence-corrected chi connectivity index (χ3v) is 5.26. The Morgan fingerprint density at radius 1 is 1.12 bits per heavy atom. The topological polar surface area (TPSA) is 124 Å². The summed E-state index contributed by atoms with van der Waals surface area (Å²) in [5.74, 6) is 0.988. The minimum atomic E-state index is -0.472. The first kappa shape index (κ1) is 22.4. The van der Waals surface area contributed by atoms with Crippen LogP contribution in [0.25, 0.3) is 16.9 Å². The zero-order chi connectivity index (χ0) is 23.4. The Balaban J connectivity index is 1.50. The first-order valence-electron chi connectivity index (χ1n) is 9.82. The lowest BCUT2D eigenvalue weighted by molar-refractivity contribution is -0.385. The molecule has 0 amide bonds. The van der Waals surface area contributed by atoms with Crippen molar-refractivity contribution in [2.75, 3.05) is 23.7 Å². The fourth-order valence-electron chi connectivity index (χ4n) is 3.13. The number of nitro groups is 1. The third-order valence-electron chi connectivity index (χ3n) is 4.71. The molecule has 2 N–H and O–H groups in total. The summed E-state index contributed by atoms with van der Waals surface area (Å²) in [7, 11) is 0. The molecular formula is C21H18Cl2N8O2. The van der Waals surface area contributed by atoms with E-state index in [-0.39, 0.29) is 5.69 Å². The fourth-order valence-corrected chi connectivity index (χ4v) is 3.63. The molecule has 0 fully saturated rings. The molecule has 0 spiro atoms. The molecule has 4 rings (SSSR count). The van der Waals surface area contributed by atoms with Crippen molar-refractivity contribution in [2.24, 2.45) is 0 Å². The summed E-state index contributed by atoms with van der Waals surface area (Å²) in [6, 6.07) is 6.69. The Kier molecular flexibility index (Phi) is 6.66. The van der Waals surface area contributed by atoms with Crippen LogP contribution in [0.15, 0.2) is 55.4 Å². The number of anilines is 2. The molecule has 0 saturated heterocycles. The van der Waals surface area contributed by atoms with Crippen LogP contribution in [0.2, 0.25) is 10.0 Å². The van der Waals surface area contributed by atoms with Gasteiger partial charge in [-0.15, -0.1) is 0 Å². The van der Waals surface area contributed by atoms with Gasteiger partial charge in [-0.1, -0.05) is 23.2 Å². The molecule has 0 aliphatic carbocycles. The van der Waals surface area contributed by atoms with Gasteiger partial charge in [-0.3, -0.25) is 10.1 Å². The van der Waals surface area contributed by atoms with Gasteiger partial charge in [0.05, 0.1) is 28.2 Å². The van der Waals surface area contributed by atoms with Crippen molar-refractivity contribution in [3.05, 3.63) is 81.1 Å². The Bertz CT molecular complexity index is 1300. The molecule has 0 saturated carbocycles. The van der Waals surface area contributed by atoms with Gasteiger partial charge in [0.1, 0.15) is 17.7 Å². The van der Waals surface area contributed by atoms with Crippen molar-refractivity contribution in [3.63, 3.8) is 0 Å². The van der Waals surface area contributed by atoms with Gasteiger partial charge in [0, 0.05) is 42.1 Å². The molecule has 0 unspecified atom stereocenters. The van der Waals surface area contributed by atoms with Gasteiger partial charge in [-0.25, -0.2) is 19.9 Å². The van der Waals surface area contributed by atoms with E-state index in [1.54, 1.807) is 48.5 Å². The number of pyridine rings is 1. The molecule has 0 radical (unpaired) electrons. The lowest BCUT2D eigenvalue weighted by Gasteiger charge is -2.14. The maximum Gasteiger partial charge on any atom is 0.287 e. The maximum absolute atomic E-state index is 10.8. The van der Waals surface area contributed by atoms with Gasteiger partial charge in [-0.2, -0.15) is 0 Å². The zero-order valence-corrected chi connectivity index (χ0v) is 18.9. The van der Waals surface area contributed by atoms with Gasteiger partial charge in [0.2, 0.25) is 5.95 Å². The van der Waals surface area contributed by atoms with Gasteiger partial charge in [0.25, 0.3) is 5.69 Å². The molecule has 168 valence electrons. The first-order chi connectivity index (χ1) is 15.9. The minimum Gasteiger partial charge on any atom is -0.368 e. The van der Waals surface area contributed by atoms with Crippen LogP contribution in [0.1, 0.15) is 5.56 Å². The lowest BCUT2D eigenvalue weighted by Crippen LogP contribution is -2.17. The Morgan fingerprint density at radius 2 is 1.94 bits per heavy atom. The van der Waals surface area contributed by atoms with Gasteiger partial charge < -0.3 is 15.2 Å². The average molecular weight is 485 g/mol. The van der Waals surface area contributed by atoms with E-state index >= 15 is 0 Å². The molecule has 4 aromatic rings. The fraction of sp³-hybridized carbons (Fsp3) is 0.143. The summed E-state index contributed by atoms with van der Waals surface area (Å²) in [5, 5.41) is 18.2. The highest BCUT2D eigenvalue weighted by molar-refractivity contribution is 6.36. The van der Waals surface area contributed by atoms with Crippen LogP contribution < -0.4 is 10.6 Å². The van der Waals surface area contributed by atoms with E-state index in [4.69, 9.17) is 23.2 Å². The Hall–Kier alpha value is -3.76. The number of aromatic nitrogens is 5. The Morgan fingerprint density at radius 3 is 2.64 bits per heavy atom. The number of halogens is 2. The summed E-state index contributed by atoms with van der Waals surface area (Å²) in [6.07, 6.45) is 8.03. The van der Waals surface area contributed by atoms with Crippen molar-refractivity contribution >= 4 is 40.7 Å². The normalized spacial score (nSPS) is 10.8. The number of imidazole rings is 1. The molecule has 0 bridgehead atoms. The summed E-state index contributed by atoms with van der Waals surface area (Å²) in [5.41, 5.74) is 2.68. The molecule has 3 heterocycles. The predicted octanol–water partition coefficient (Wildman–Crippen LogP) is 4.77. The van der Waals surface area contributed by atoms with E-state index in [2.05, 4.69) is 30.6 Å². The number of aryl methyl sites for hydroxylation is 1. The number of nitrogens with zero attached hydrogens (tertiary/aromatic N) is 6. The molecule has 3 aromatic heterocycles. The Labute approximate surface area is 198 Å². The highest BCUT2D eigenvalue weighted by Gasteiger charge is 2.15. The predicted molar refractivity (Wildman–Crippen MR) is 127 cm³/mol. The minimum absolute atomic E-state index is 0.0454. The maximum atomic E-state index is 10.8. The van der Waals surface area contributed by atoms with Crippen LogP contribution in [-0.2, 0) is 0 Å². The molecule has 0 atom stereocenters. The second kappa shape index (κ2) is 9.80. The highest BCUT2D eigenvalue weighted by Crippen LogP contribution is 2.33. The quantitative estimate of drug-likeness (QED) is 0.208. The molecule has 33 heavy (non-hydrogen) atoms. The molecule has 0 aliphatic heterocycles. The van der Waals surface area contributed by atoms with Crippen LogP contribution in [0.4, 0.5) is 17.5 Å². The number of rotatable bonds is 8. The van der Waals surface area contributed by atoms with Crippen molar-refractivity contribution in [1.82, 2.24) is 24.5 Å². The molecule has 0 aliphatic rings. The molecule has 12 heteroatoms. The van der Waals surface area contributed by atoms with E-state index in [1.165, 1.54) is 12.3 Å². The third kappa shape index (κ3) is 5.18. The molecule has 10 nitrogen and oxygen atoms in total. The van der Waals surface area contributed by atoms with E-state index < -0.39 is 4.92 Å². The average Bonchev–Trinajstić information content (AvgIpc) is 3.32. The number of hydrogen-bond acceptors (Lipinski definition) is 8. The van der Waals surface area contributed by atoms with Crippen molar-refractivity contribution in [3.8, 4) is 16.9 Å². The number of hydrogen-bond donors (Lipinski definition) is 2. The van der Waals surface area contributed by atoms with Gasteiger partial charge >= 0.3 is 0 Å². The summed E-state index contributed by atoms with van der Waals surface area (Å²) in [4.78, 5) is 27.6. The highest BCUT2D eigenvalue weighted by atomic mass is 35.5. The SMILES string of the molecule is Cc1cc([N+](=O)[O-])cnc1NCCNc1ncc(-n2ccnc2)c(-c2ccc(Cl)cc2Cl)n1. The second-order valence-electron chi connectivity index (χ2n) is 6.99. The van der Waals surface area contributed by atoms with E-state index in [0.29, 0.717) is 57.4 Å². The monoisotopic (exact) mass is 484 g/mol. The smallest absolute Gasteiger partial charge is 0.287 e. The van der Waals surface area contributed by atoms with Crippen LogP contribution in [0, 0.1) is 17.0 Å². The van der Waals surface area contributed by atoms with Crippen molar-refractivity contribution in [2.45, 2.75) is 6.92 Å². The van der Waals surface area contributed by atoms with Crippen molar-refractivity contribution in [1.29, 1.82) is 0 Å². The lowest BCUT2D eigenvalue weighted by atomic mass is 10.1. The zero-order valence-electron chi connectivity index (χ0n) is 17.4. The van der Waals surface area contributed by atoms with Crippen LogP contribution in [0.3, 0.4) is 0 Å². The summed E-state index contributed by atoms with van der Waals surface area (Å²) in [6.45, 7) is 2.74. The van der Waals surface area contributed by atoms with Gasteiger partial charge in [-0.05, 0) is 30.7 Å².